The van der Waals surface area contributed by atoms with E-state index in [2.05, 4.69) is 4.72 Å². The number of nitrogens with zero attached hydrogens (tertiary/aromatic N) is 1. The fraction of sp³-hybridized carbons (Fsp3) is 0.250. The Balaban J connectivity index is 1.51. The Morgan fingerprint density at radius 1 is 1.09 bits per heavy atom. The number of carbonyl (C=O) groups excluding carboxylic acids is 1. The van der Waals surface area contributed by atoms with Crippen LogP contribution in [0.2, 0.25) is 0 Å². The van der Waals surface area contributed by atoms with Crippen molar-refractivity contribution >= 4 is 27.7 Å². The fourth-order valence-corrected chi connectivity index (χ4v) is 5.29. The van der Waals surface area contributed by atoms with Crippen LogP contribution < -0.4 is 9.46 Å². The van der Waals surface area contributed by atoms with Gasteiger partial charge in [-0.15, -0.1) is 0 Å². The van der Waals surface area contributed by atoms with Crippen molar-refractivity contribution in [3.63, 3.8) is 0 Å². The summed E-state index contributed by atoms with van der Waals surface area (Å²) in [5.41, 5.74) is 4.32. The highest BCUT2D eigenvalue weighted by Gasteiger charge is 2.27. The van der Waals surface area contributed by atoms with Crippen molar-refractivity contribution in [2.24, 2.45) is 0 Å². The number of amides is 1. The van der Waals surface area contributed by atoms with Gasteiger partial charge in [-0.3, -0.25) is 9.52 Å². The maximum absolute atomic E-state index is 13.1. The van der Waals surface area contributed by atoms with Gasteiger partial charge < -0.3 is 9.64 Å². The number of carbonyl (C=O) groups is 1. The molecule has 1 amide bonds. The first-order valence-corrected chi connectivity index (χ1v) is 13.2. The monoisotopic (exact) mass is 490 g/mol. The normalized spacial score (nSPS) is 15.4. The Labute approximate surface area is 207 Å². The highest BCUT2D eigenvalue weighted by atomic mass is 32.2. The van der Waals surface area contributed by atoms with Crippen molar-refractivity contribution in [1.82, 2.24) is 4.90 Å². The molecule has 1 aliphatic carbocycles. The number of ether oxygens (including phenoxy) is 1. The van der Waals surface area contributed by atoms with Crippen LogP contribution in [0.3, 0.4) is 0 Å². The zero-order valence-electron chi connectivity index (χ0n) is 20.0. The first-order valence-electron chi connectivity index (χ1n) is 11.6. The SMILES string of the molecule is COc1cccc(CC(=O)N(C)C2CCCc3ccc(NS(=O)(=O)/C=C/c4ccccc4)cc32)c1. The molecule has 0 fully saturated rings. The van der Waals surface area contributed by atoms with Crippen molar-refractivity contribution in [3.05, 3.63) is 100 Å². The molecule has 0 aliphatic heterocycles. The van der Waals surface area contributed by atoms with Crippen LogP contribution in [0, 0.1) is 0 Å². The number of fused-ring (bicyclic) bond motifs is 1. The highest BCUT2D eigenvalue weighted by molar-refractivity contribution is 7.95. The van der Waals surface area contributed by atoms with Crippen LogP contribution in [0.15, 0.2) is 78.2 Å². The number of aryl methyl sites for hydroxylation is 1. The zero-order valence-corrected chi connectivity index (χ0v) is 20.8. The predicted molar refractivity (Wildman–Crippen MR) is 140 cm³/mol. The smallest absolute Gasteiger partial charge is 0.255 e. The molecular weight excluding hydrogens is 460 g/mol. The summed E-state index contributed by atoms with van der Waals surface area (Å²) >= 11 is 0. The van der Waals surface area contributed by atoms with Crippen LogP contribution in [-0.4, -0.2) is 33.4 Å². The summed E-state index contributed by atoms with van der Waals surface area (Å²) in [7, 11) is -0.256. The lowest BCUT2D eigenvalue weighted by molar-refractivity contribution is -0.131. The number of anilines is 1. The Hall–Kier alpha value is -3.58. The minimum Gasteiger partial charge on any atom is -0.497 e. The molecule has 4 rings (SSSR count). The number of methoxy groups -OCH3 is 1. The molecule has 1 N–H and O–H groups in total. The lowest BCUT2D eigenvalue weighted by Crippen LogP contribution is -2.34. The lowest BCUT2D eigenvalue weighted by Gasteiger charge is -2.34. The van der Waals surface area contributed by atoms with Gasteiger partial charge in [0.05, 0.1) is 25.0 Å². The van der Waals surface area contributed by atoms with E-state index in [9.17, 15) is 13.2 Å². The second-order valence-corrected chi connectivity index (χ2v) is 10.3. The van der Waals surface area contributed by atoms with Crippen LogP contribution in [0.25, 0.3) is 6.08 Å². The van der Waals surface area contributed by atoms with E-state index in [4.69, 9.17) is 4.74 Å². The molecule has 1 atom stereocenters. The minimum absolute atomic E-state index is 0.00730. The molecule has 6 nitrogen and oxygen atoms in total. The van der Waals surface area contributed by atoms with Gasteiger partial charge >= 0.3 is 0 Å². The number of likely N-dealkylation sites (N-methyl/N-ethyl adjacent to an activating group) is 1. The molecule has 0 heterocycles. The van der Waals surface area contributed by atoms with E-state index in [-0.39, 0.29) is 18.4 Å². The van der Waals surface area contributed by atoms with Gasteiger partial charge in [0.1, 0.15) is 5.75 Å². The molecule has 182 valence electrons. The molecule has 0 radical (unpaired) electrons. The highest BCUT2D eigenvalue weighted by Crippen LogP contribution is 2.36. The van der Waals surface area contributed by atoms with E-state index in [0.717, 1.165) is 47.3 Å². The largest absolute Gasteiger partial charge is 0.497 e. The van der Waals surface area contributed by atoms with E-state index in [0.29, 0.717) is 5.69 Å². The number of hydrogen-bond acceptors (Lipinski definition) is 4. The van der Waals surface area contributed by atoms with Gasteiger partial charge in [-0.25, -0.2) is 8.42 Å². The van der Waals surface area contributed by atoms with Crippen molar-refractivity contribution < 1.29 is 17.9 Å². The number of hydrogen-bond donors (Lipinski definition) is 1. The average Bonchev–Trinajstić information content (AvgIpc) is 2.87. The molecular formula is C28H30N2O4S. The van der Waals surface area contributed by atoms with Crippen LogP contribution >= 0.6 is 0 Å². The summed E-state index contributed by atoms with van der Waals surface area (Å²) in [6.07, 6.45) is 4.55. The maximum atomic E-state index is 13.1. The van der Waals surface area contributed by atoms with Gasteiger partial charge in [0, 0.05) is 12.7 Å². The summed E-state index contributed by atoms with van der Waals surface area (Å²) < 4.78 is 33.2. The van der Waals surface area contributed by atoms with Crippen LogP contribution in [0.1, 0.15) is 41.1 Å². The molecule has 1 unspecified atom stereocenters. The summed E-state index contributed by atoms with van der Waals surface area (Å²) in [6.45, 7) is 0. The fourth-order valence-electron chi connectivity index (χ4n) is 4.43. The standard InChI is InChI=1S/C28H30N2O4S/c1-30(28(31)19-22-10-6-12-25(18-22)34-2)27-13-7-11-23-14-15-24(20-26(23)27)29-35(32,33)17-16-21-8-4-3-5-9-21/h3-6,8-10,12,14-18,20,27,29H,7,11,13,19H2,1-2H3/b17-16+. The molecule has 0 spiro atoms. The lowest BCUT2D eigenvalue weighted by atomic mass is 9.86. The number of benzene rings is 3. The third kappa shape index (κ3) is 6.31. The molecule has 0 bridgehead atoms. The Bertz CT molecular complexity index is 1320. The molecule has 3 aromatic carbocycles. The van der Waals surface area contributed by atoms with Gasteiger partial charge in [-0.1, -0.05) is 48.5 Å². The molecule has 0 saturated carbocycles. The summed E-state index contributed by atoms with van der Waals surface area (Å²) in [4.78, 5) is 14.9. The number of nitrogens with one attached hydrogen (secondary N) is 1. The Kier molecular flexibility index (Phi) is 7.56. The van der Waals surface area contributed by atoms with Crippen molar-refractivity contribution in [3.8, 4) is 5.75 Å². The second-order valence-electron chi connectivity index (χ2n) is 8.72. The van der Waals surface area contributed by atoms with Gasteiger partial charge in [-0.2, -0.15) is 0 Å². The topological polar surface area (TPSA) is 75.7 Å². The minimum atomic E-state index is -3.68. The van der Waals surface area contributed by atoms with Crippen LogP contribution in [0.4, 0.5) is 5.69 Å². The molecule has 0 saturated heterocycles. The maximum Gasteiger partial charge on any atom is 0.255 e. The van der Waals surface area contributed by atoms with Crippen molar-refractivity contribution in [2.45, 2.75) is 31.7 Å². The van der Waals surface area contributed by atoms with Crippen molar-refractivity contribution in [2.75, 3.05) is 18.9 Å². The average molecular weight is 491 g/mol. The van der Waals surface area contributed by atoms with Crippen LogP contribution in [0.5, 0.6) is 5.75 Å². The van der Waals surface area contributed by atoms with Gasteiger partial charge in [-0.05, 0) is 71.9 Å². The number of sulfonamides is 1. The zero-order chi connectivity index (χ0) is 24.8. The molecule has 0 aromatic heterocycles. The van der Waals surface area contributed by atoms with Gasteiger partial charge in [0.25, 0.3) is 10.0 Å². The first kappa shape index (κ1) is 24.5. The molecule has 1 aliphatic rings. The van der Waals surface area contributed by atoms with Crippen LogP contribution in [-0.2, 0) is 27.7 Å². The Morgan fingerprint density at radius 3 is 2.66 bits per heavy atom. The molecule has 3 aromatic rings. The first-order chi connectivity index (χ1) is 16.8. The summed E-state index contributed by atoms with van der Waals surface area (Å²) in [5.74, 6) is 0.729. The quantitative estimate of drug-likeness (QED) is 0.472. The van der Waals surface area contributed by atoms with Crippen molar-refractivity contribution in [1.29, 1.82) is 0 Å². The molecule has 35 heavy (non-hydrogen) atoms. The number of rotatable bonds is 8. The third-order valence-electron chi connectivity index (χ3n) is 6.28. The van der Waals surface area contributed by atoms with E-state index in [1.165, 1.54) is 5.41 Å². The summed E-state index contributed by atoms with van der Waals surface area (Å²) in [5, 5.41) is 1.17. The van der Waals surface area contributed by atoms with E-state index in [1.807, 2.05) is 73.8 Å². The molecule has 7 heteroatoms. The third-order valence-corrected chi connectivity index (χ3v) is 7.29. The predicted octanol–water partition coefficient (Wildman–Crippen LogP) is 5.19. The van der Waals surface area contributed by atoms with E-state index >= 15 is 0 Å². The van der Waals surface area contributed by atoms with Gasteiger partial charge in [0.15, 0.2) is 0 Å². The van der Waals surface area contributed by atoms with E-state index in [1.54, 1.807) is 24.2 Å². The second kappa shape index (κ2) is 10.8. The van der Waals surface area contributed by atoms with E-state index < -0.39 is 10.0 Å². The Morgan fingerprint density at radius 2 is 1.89 bits per heavy atom. The summed E-state index contributed by atoms with van der Waals surface area (Å²) in [6, 6.07) is 22.3. The van der Waals surface area contributed by atoms with Gasteiger partial charge in [0.2, 0.25) is 5.91 Å².